The van der Waals surface area contributed by atoms with E-state index in [1.807, 2.05) is 98.8 Å². The zero-order valence-electron chi connectivity index (χ0n) is 18.0. The van der Waals surface area contributed by atoms with Crippen LogP contribution in [0.2, 0.25) is 0 Å². The molecular weight excluding hydrogens is 396 g/mol. The summed E-state index contributed by atoms with van der Waals surface area (Å²) in [7, 11) is 0. The Balaban J connectivity index is 1.96. The van der Waals surface area contributed by atoms with Gasteiger partial charge >= 0.3 is 0 Å². The second kappa shape index (κ2) is 9.31. The summed E-state index contributed by atoms with van der Waals surface area (Å²) in [5.74, 6) is 0.265. The Morgan fingerprint density at radius 1 is 0.531 bits per heavy atom. The lowest BCUT2D eigenvalue weighted by Crippen LogP contribution is -2.07. The molecule has 4 aromatic carbocycles. The molecule has 0 spiro atoms. The van der Waals surface area contributed by atoms with Crippen LogP contribution in [0.5, 0.6) is 11.5 Å². The number of nitrogens with zero attached hydrogens (tertiary/aromatic N) is 2. The van der Waals surface area contributed by atoms with E-state index in [2.05, 4.69) is 10.2 Å². The molecule has 0 amide bonds. The minimum absolute atomic E-state index is 0.132. The molecule has 4 nitrogen and oxygen atoms in total. The quantitative estimate of drug-likeness (QED) is 0.307. The Hall–Kier alpha value is -4.18. The van der Waals surface area contributed by atoms with Gasteiger partial charge in [-0.05, 0) is 38.1 Å². The van der Waals surface area contributed by atoms with Crippen molar-refractivity contribution in [3.05, 3.63) is 130 Å². The average molecular weight is 421 g/mol. The highest BCUT2D eigenvalue weighted by molar-refractivity contribution is 6.17. The van der Waals surface area contributed by atoms with Crippen LogP contribution in [-0.2, 0) is 0 Å². The molecule has 0 aliphatic carbocycles. The van der Waals surface area contributed by atoms with Crippen LogP contribution in [0.15, 0.2) is 107 Å². The zero-order valence-corrected chi connectivity index (χ0v) is 18.0. The summed E-state index contributed by atoms with van der Waals surface area (Å²) in [5.41, 5.74) is 5.97. The molecule has 4 aromatic rings. The van der Waals surface area contributed by atoms with Gasteiger partial charge in [-0.2, -0.15) is 0 Å². The van der Waals surface area contributed by atoms with E-state index in [4.69, 9.17) is 0 Å². The van der Waals surface area contributed by atoms with Gasteiger partial charge in [-0.3, -0.25) is 0 Å². The molecule has 0 unspecified atom stereocenters. The van der Waals surface area contributed by atoms with Gasteiger partial charge in [0.2, 0.25) is 0 Å². The SMILES string of the molecule is Cc1ccc(O)c(C(=NN=C(c2ccccc2)c2cc(C)ccc2O)c2ccccc2)c1. The van der Waals surface area contributed by atoms with E-state index in [9.17, 15) is 10.2 Å². The van der Waals surface area contributed by atoms with Crippen LogP contribution in [0.3, 0.4) is 0 Å². The Morgan fingerprint density at radius 3 is 1.28 bits per heavy atom. The van der Waals surface area contributed by atoms with Crippen LogP contribution in [0.1, 0.15) is 33.4 Å². The van der Waals surface area contributed by atoms with Gasteiger partial charge < -0.3 is 10.2 Å². The van der Waals surface area contributed by atoms with Crippen molar-refractivity contribution in [2.75, 3.05) is 0 Å². The Kier molecular flexibility index (Phi) is 6.13. The summed E-state index contributed by atoms with van der Waals surface area (Å²) in [4.78, 5) is 0. The maximum absolute atomic E-state index is 10.6. The van der Waals surface area contributed by atoms with Crippen molar-refractivity contribution >= 4 is 11.4 Å². The molecule has 0 radical (unpaired) electrons. The van der Waals surface area contributed by atoms with Crippen molar-refractivity contribution in [1.82, 2.24) is 0 Å². The third kappa shape index (κ3) is 4.60. The van der Waals surface area contributed by atoms with Gasteiger partial charge in [-0.1, -0.05) is 83.9 Å². The molecule has 0 fully saturated rings. The highest BCUT2D eigenvalue weighted by Crippen LogP contribution is 2.25. The number of hydrogen-bond donors (Lipinski definition) is 2. The minimum atomic E-state index is 0.132. The summed E-state index contributed by atoms with van der Waals surface area (Å²) in [6, 6.07) is 30.1. The summed E-state index contributed by atoms with van der Waals surface area (Å²) in [5, 5.41) is 30.4. The highest BCUT2D eigenvalue weighted by atomic mass is 16.3. The van der Waals surface area contributed by atoms with Crippen molar-refractivity contribution in [3.8, 4) is 11.5 Å². The van der Waals surface area contributed by atoms with E-state index < -0.39 is 0 Å². The standard InChI is InChI=1S/C28H24N2O2/c1-19-13-15-25(31)23(17-19)27(21-9-5-3-6-10-21)29-30-28(22-11-7-4-8-12-22)24-18-20(2)14-16-26(24)32/h3-18,31-32H,1-2H3. The lowest BCUT2D eigenvalue weighted by molar-refractivity contribution is 0.473. The van der Waals surface area contributed by atoms with Crippen LogP contribution in [0.25, 0.3) is 0 Å². The van der Waals surface area contributed by atoms with E-state index in [1.54, 1.807) is 12.1 Å². The summed E-state index contributed by atoms with van der Waals surface area (Å²) >= 11 is 0. The van der Waals surface area contributed by atoms with E-state index in [0.29, 0.717) is 22.6 Å². The molecule has 0 atom stereocenters. The Bertz CT molecular complexity index is 1190. The number of phenolic OH excluding ortho intramolecular Hbond substituents is 2. The van der Waals surface area contributed by atoms with Gasteiger partial charge in [0.25, 0.3) is 0 Å². The summed E-state index contributed by atoms with van der Waals surface area (Å²) < 4.78 is 0. The fourth-order valence-electron chi connectivity index (χ4n) is 3.51. The van der Waals surface area contributed by atoms with E-state index in [-0.39, 0.29) is 11.5 Å². The maximum Gasteiger partial charge on any atom is 0.125 e. The first-order valence-electron chi connectivity index (χ1n) is 10.4. The number of phenols is 2. The molecule has 4 heteroatoms. The topological polar surface area (TPSA) is 65.2 Å². The Labute approximate surface area is 187 Å². The van der Waals surface area contributed by atoms with Crippen molar-refractivity contribution in [2.24, 2.45) is 10.2 Å². The summed E-state index contributed by atoms with van der Waals surface area (Å²) in [6.45, 7) is 3.93. The predicted octanol–water partition coefficient (Wildman–Crippen LogP) is 6.00. The molecule has 158 valence electrons. The highest BCUT2D eigenvalue weighted by Gasteiger charge is 2.15. The van der Waals surface area contributed by atoms with Crippen LogP contribution in [0.4, 0.5) is 0 Å². The first kappa shape index (κ1) is 21.1. The number of aryl methyl sites for hydroxylation is 2. The van der Waals surface area contributed by atoms with Crippen LogP contribution in [0, 0.1) is 13.8 Å². The normalized spacial score (nSPS) is 12.1. The fraction of sp³-hybridized carbons (Fsp3) is 0.0714. The van der Waals surface area contributed by atoms with E-state index >= 15 is 0 Å². The first-order chi connectivity index (χ1) is 15.5. The van der Waals surface area contributed by atoms with Gasteiger partial charge in [0.15, 0.2) is 0 Å². The Morgan fingerprint density at radius 2 is 0.906 bits per heavy atom. The second-order valence-electron chi connectivity index (χ2n) is 7.67. The van der Waals surface area contributed by atoms with Gasteiger partial charge in [0.1, 0.15) is 22.9 Å². The van der Waals surface area contributed by atoms with Gasteiger partial charge in [0.05, 0.1) is 0 Å². The molecule has 32 heavy (non-hydrogen) atoms. The van der Waals surface area contributed by atoms with Crippen molar-refractivity contribution in [2.45, 2.75) is 13.8 Å². The monoisotopic (exact) mass is 420 g/mol. The predicted molar refractivity (Wildman–Crippen MR) is 130 cm³/mol. The average Bonchev–Trinajstić information content (AvgIpc) is 2.82. The molecule has 0 heterocycles. The van der Waals surface area contributed by atoms with Crippen LogP contribution in [-0.4, -0.2) is 21.6 Å². The van der Waals surface area contributed by atoms with Gasteiger partial charge in [-0.25, -0.2) is 0 Å². The third-order valence-electron chi connectivity index (χ3n) is 5.16. The molecule has 0 aliphatic rings. The first-order valence-corrected chi connectivity index (χ1v) is 10.4. The van der Waals surface area contributed by atoms with E-state index in [1.165, 1.54) is 0 Å². The zero-order chi connectivity index (χ0) is 22.5. The maximum atomic E-state index is 10.6. The van der Waals surface area contributed by atoms with Gasteiger partial charge in [-0.15, -0.1) is 10.2 Å². The number of aromatic hydroxyl groups is 2. The third-order valence-corrected chi connectivity index (χ3v) is 5.16. The molecule has 0 saturated carbocycles. The fourth-order valence-corrected chi connectivity index (χ4v) is 3.51. The van der Waals surface area contributed by atoms with Crippen LogP contribution < -0.4 is 0 Å². The van der Waals surface area contributed by atoms with Crippen molar-refractivity contribution in [1.29, 1.82) is 0 Å². The number of hydrogen-bond acceptors (Lipinski definition) is 4. The van der Waals surface area contributed by atoms with Crippen molar-refractivity contribution < 1.29 is 10.2 Å². The number of benzene rings is 4. The smallest absolute Gasteiger partial charge is 0.125 e. The van der Waals surface area contributed by atoms with E-state index in [0.717, 1.165) is 22.3 Å². The summed E-state index contributed by atoms with van der Waals surface area (Å²) in [6.07, 6.45) is 0. The second-order valence-corrected chi connectivity index (χ2v) is 7.67. The molecule has 0 aliphatic heterocycles. The lowest BCUT2D eigenvalue weighted by atomic mass is 9.99. The van der Waals surface area contributed by atoms with Crippen LogP contribution >= 0.6 is 0 Å². The molecule has 0 saturated heterocycles. The lowest BCUT2D eigenvalue weighted by Gasteiger charge is -2.11. The minimum Gasteiger partial charge on any atom is -0.507 e. The van der Waals surface area contributed by atoms with Crippen molar-refractivity contribution in [3.63, 3.8) is 0 Å². The number of rotatable bonds is 5. The molecule has 2 N–H and O–H groups in total. The molecule has 0 bridgehead atoms. The largest absolute Gasteiger partial charge is 0.507 e. The molecular formula is C28H24N2O2. The molecule has 0 aromatic heterocycles. The van der Waals surface area contributed by atoms with Gasteiger partial charge in [0, 0.05) is 22.3 Å². The molecule has 4 rings (SSSR count).